The van der Waals surface area contributed by atoms with Gasteiger partial charge in [-0.15, -0.1) is 0 Å². The molecule has 4 aromatic carbocycles. The minimum absolute atomic E-state index is 0.326. The molecule has 30 heavy (non-hydrogen) atoms. The average Bonchev–Trinajstić information content (AvgIpc) is 2.78. The van der Waals surface area contributed by atoms with Crippen molar-refractivity contribution in [1.82, 2.24) is 0 Å². The lowest BCUT2D eigenvalue weighted by molar-refractivity contribution is 0.306. The van der Waals surface area contributed by atoms with E-state index in [4.69, 9.17) is 27.9 Å². The Morgan fingerprint density at radius 2 is 1.53 bits per heavy atom. The van der Waals surface area contributed by atoms with Crippen LogP contribution in [0.5, 0.6) is 5.75 Å². The first-order valence-corrected chi connectivity index (χ1v) is 10.2. The maximum atomic E-state index is 9.84. The molecule has 4 rings (SSSR count). The largest absolute Gasteiger partial charge is 0.488 e. The van der Waals surface area contributed by atoms with Gasteiger partial charge in [-0.2, -0.15) is 5.26 Å². The summed E-state index contributed by atoms with van der Waals surface area (Å²) in [6, 6.07) is 29.1. The van der Waals surface area contributed by atoms with E-state index in [-0.39, 0.29) is 0 Å². The van der Waals surface area contributed by atoms with Crippen LogP contribution in [0.25, 0.3) is 22.4 Å². The lowest BCUT2D eigenvalue weighted by atomic mass is 9.98. The van der Waals surface area contributed by atoms with E-state index in [9.17, 15) is 5.26 Å². The van der Waals surface area contributed by atoms with Gasteiger partial charge in [0.2, 0.25) is 0 Å². The third-order valence-electron chi connectivity index (χ3n) is 4.84. The quantitative estimate of drug-likeness (QED) is 0.239. The van der Waals surface area contributed by atoms with Crippen molar-refractivity contribution >= 4 is 45.6 Å². The Kier molecular flexibility index (Phi) is 6.05. The highest BCUT2D eigenvalue weighted by atomic mass is 35.5. The number of rotatable bonds is 5. The van der Waals surface area contributed by atoms with Crippen LogP contribution in [0.4, 0.5) is 0 Å². The Morgan fingerprint density at radius 3 is 2.30 bits per heavy atom. The minimum Gasteiger partial charge on any atom is -0.488 e. The standard InChI is InChI=1S/C26H17Cl2NO/c27-24-11-5-2-8-19(24)17-30-26-14-13-18-7-1-3-9-21(18)23(26)15-20(16-29)22-10-4-6-12-25(22)28/h1-15H,17H2. The number of allylic oxidation sites excluding steroid dienone is 1. The highest BCUT2D eigenvalue weighted by Crippen LogP contribution is 2.34. The number of nitrogens with zero attached hydrogens (tertiary/aromatic N) is 1. The second-order valence-electron chi connectivity index (χ2n) is 6.73. The molecule has 0 atom stereocenters. The normalized spacial score (nSPS) is 11.3. The van der Waals surface area contributed by atoms with E-state index in [0.29, 0.717) is 33.5 Å². The molecule has 2 nitrogen and oxygen atoms in total. The molecule has 0 fully saturated rings. The van der Waals surface area contributed by atoms with Crippen molar-refractivity contribution in [2.75, 3.05) is 0 Å². The molecule has 0 aliphatic rings. The van der Waals surface area contributed by atoms with E-state index in [0.717, 1.165) is 21.9 Å². The number of benzene rings is 4. The first kappa shape index (κ1) is 20.0. The van der Waals surface area contributed by atoms with Crippen LogP contribution in [0.2, 0.25) is 10.0 Å². The van der Waals surface area contributed by atoms with Crippen molar-refractivity contribution in [3.05, 3.63) is 112 Å². The molecule has 146 valence electrons. The first-order chi connectivity index (χ1) is 14.7. The molecule has 0 N–H and O–H groups in total. The summed E-state index contributed by atoms with van der Waals surface area (Å²) in [5.74, 6) is 0.674. The maximum absolute atomic E-state index is 9.84. The van der Waals surface area contributed by atoms with Gasteiger partial charge in [0.15, 0.2) is 0 Å². The molecular formula is C26H17Cl2NO. The smallest absolute Gasteiger partial charge is 0.127 e. The van der Waals surface area contributed by atoms with Gasteiger partial charge in [0.1, 0.15) is 12.4 Å². The van der Waals surface area contributed by atoms with Crippen molar-refractivity contribution in [2.45, 2.75) is 6.61 Å². The summed E-state index contributed by atoms with van der Waals surface area (Å²) in [5, 5.41) is 13.1. The molecule has 0 aliphatic carbocycles. The van der Waals surface area contributed by atoms with Crippen molar-refractivity contribution in [1.29, 1.82) is 5.26 Å². The molecule has 4 aromatic rings. The van der Waals surface area contributed by atoms with Crippen LogP contribution in [0.1, 0.15) is 16.7 Å². The molecule has 0 bridgehead atoms. The SMILES string of the molecule is N#CC(=Cc1c(OCc2ccccc2Cl)ccc2ccccc12)c1ccccc1Cl. The molecular weight excluding hydrogens is 413 g/mol. The van der Waals surface area contributed by atoms with Gasteiger partial charge in [-0.25, -0.2) is 0 Å². The lowest BCUT2D eigenvalue weighted by Crippen LogP contribution is -1.98. The van der Waals surface area contributed by atoms with Gasteiger partial charge < -0.3 is 4.74 Å². The summed E-state index contributed by atoms with van der Waals surface area (Å²) in [7, 11) is 0. The number of halogens is 2. The first-order valence-electron chi connectivity index (χ1n) is 9.42. The van der Waals surface area contributed by atoms with Crippen LogP contribution >= 0.6 is 23.2 Å². The molecule has 0 amide bonds. The summed E-state index contributed by atoms with van der Waals surface area (Å²) in [5.41, 5.74) is 2.89. The van der Waals surface area contributed by atoms with Crippen LogP contribution in [-0.4, -0.2) is 0 Å². The van der Waals surface area contributed by atoms with E-state index in [1.54, 1.807) is 6.07 Å². The summed E-state index contributed by atoms with van der Waals surface area (Å²) in [6.45, 7) is 0.326. The number of hydrogen-bond acceptors (Lipinski definition) is 2. The summed E-state index contributed by atoms with van der Waals surface area (Å²) in [6.07, 6.45) is 1.84. The zero-order chi connectivity index (χ0) is 20.9. The summed E-state index contributed by atoms with van der Waals surface area (Å²) in [4.78, 5) is 0. The van der Waals surface area contributed by atoms with Gasteiger partial charge in [-0.05, 0) is 35.0 Å². The van der Waals surface area contributed by atoms with Crippen LogP contribution in [-0.2, 0) is 6.61 Å². The molecule has 4 heteroatoms. The highest BCUT2D eigenvalue weighted by molar-refractivity contribution is 6.33. The minimum atomic E-state index is 0.326. The second-order valence-corrected chi connectivity index (χ2v) is 7.54. The maximum Gasteiger partial charge on any atom is 0.127 e. The molecule has 0 unspecified atom stereocenters. The summed E-state index contributed by atoms with van der Waals surface area (Å²) < 4.78 is 6.15. The van der Waals surface area contributed by atoms with E-state index in [1.807, 2.05) is 84.9 Å². The average molecular weight is 430 g/mol. The van der Waals surface area contributed by atoms with Crippen LogP contribution < -0.4 is 4.74 Å². The molecule has 0 spiro atoms. The Labute approximate surface area is 185 Å². The highest BCUT2D eigenvalue weighted by Gasteiger charge is 2.12. The van der Waals surface area contributed by atoms with Gasteiger partial charge in [0.25, 0.3) is 0 Å². The number of ether oxygens (including phenoxy) is 1. The van der Waals surface area contributed by atoms with Gasteiger partial charge in [-0.1, -0.05) is 89.9 Å². The Morgan fingerprint density at radius 1 is 0.833 bits per heavy atom. The fourth-order valence-corrected chi connectivity index (χ4v) is 3.74. The third kappa shape index (κ3) is 4.19. The topological polar surface area (TPSA) is 33.0 Å². The molecule has 0 aromatic heterocycles. The summed E-state index contributed by atoms with van der Waals surface area (Å²) >= 11 is 12.6. The Balaban J connectivity index is 1.82. The third-order valence-corrected chi connectivity index (χ3v) is 5.54. The van der Waals surface area contributed by atoms with Gasteiger partial charge in [0, 0.05) is 26.7 Å². The number of nitriles is 1. The van der Waals surface area contributed by atoms with Crippen molar-refractivity contribution in [3.63, 3.8) is 0 Å². The van der Waals surface area contributed by atoms with Crippen molar-refractivity contribution in [2.24, 2.45) is 0 Å². The van der Waals surface area contributed by atoms with Crippen molar-refractivity contribution in [3.8, 4) is 11.8 Å². The fraction of sp³-hybridized carbons (Fsp3) is 0.0385. The van der Waals surface area contributed by atoms with Crippen LogP contribution in [0.15, 0.2) is 84.9 Å². The fourth-order valence-electron chi connectivity index (χ4n) is 3.32. The molecule has 0 heterocycles. The van der Waals surface area contributed by atoms with E-state index in [2.05, 4.69) is 6.07 Å². The number of hydrogen-bond donors (Lipinski definition) is 0. The predicted octanol–water partition coefficient (Wildman–Crippen LogP) is 7.79. The van der Waals surface area contributed by atoms with Gasteiger partial charge in [0.05, 0.1) is 11.6 Å². The molecule has 0 radical (unpaired) electrons. The molecule has 0 saturated heterocycles. The van der Waals surface area contributed by atoms with Gasteiger partial charge >= 0.3 is 0 Å². The molecule has 0 saturated carbocycles. The van der Waals surface area contributed by atoms with Crippen LogP contribution in [0.3, 0.4) is 0 Å². The van der Waals surface area contributed by atoms with E-state index >= 15 is 0 Å². The van der Waals surface area contributed by atoms with E-state index in [1.165, 1.54) is 0 Å². The van der Waals surface area contributed by atoms with Crippen LogP contribution in [0, 0.1) is 11.3 Å². The monoisotopic (exact) mass is 429 g/mol. The lowest BCUT2D eigenvalue weighted by Gasteiger charge is -2.14. The predicted molar refractivity (Wildman–Crippen MR) is 125 cm³/mol. The van der Waals surface area contributed by atoms with Gasteiger partial charge in [-0.3, -0.25) is 0 Å². The molecule has 0 aliphatic heterocycles. The second kappa shape index (κ2) is 9.05. The van der Waals surface area contributed by atoms with E-state index < -0.39 is 0 Å². The van der Waals surface area contributed by atoms with Crippen molar-refractivity contribution < 1.29 is 4.74 Å². The Bertz CT molecular complexity index is 1290. The zero-order valence-electron chi connectivity index (χ0n) is 16.0. The Hall–Kier alpha value is -3.25. The zero-order valence-corrected chi connectivity index (χ0v) is 17.5. The number of fused-ring (bicyclic) bond motifs is 1.